The lowest BCUT2D eigenvalue weighted by Gasteiger charge is -2.27. The van der Waals surface area contributed by atoms with E-state index in [9.17, 15) is 27.0 Å². The third-order valence-corrected chi connectivity index (χ3v) is 2.97. The number of hydrogen-bond donors (Lipinski definition) is 1. The Labute approximate surface area is 100 Å². The average Bonchev–Trinajstić information content (AvgIpc) is 2.10. The van der Waals surface area contributed by atoms with E-state index in [0.717, 1.165) is 13.0 Å². The lowest BCUT2D eigenvalue weighted by molar-refractivity contribution is -0.236. The van der Waals surface area contributed by atoms with Crippen LogP contribution in [0.3, 0.4) is 0 Å². The Balaban J connectivity index is 4.94. The first kappa shape index (κ1) is 16.3. The van der Waals surface area contributed by atoms with Gasteiger partial charge in [0.25, 0.3) is 0 Å². The topological polar surface area (TPSA) is 60.4 Å². The third-order valence-electron chi connectivity index (χ3n) is 2.28. The predicted octanol–water partition coefficient (Wildman–Crippen LogP) is 2.07. The van der Waals surface area contributed by atoms with Crippen molar-refractivity contribution in [2.75, 3.05) is 5.75 Å². The van der Waals surface area contributed by atoms with E-state index in [-0.39, 0.29) is 11.3 Å². The molecular formula is C10H14F3O3S-. The van der Waals surface area contributed by atoms with Gasteiger partial charge >= 0.3 is 6.18 Å². The molecule has 0 aliphatic heterocycles. The predicted molar refractivity (Wildman–Crippen MR) is 58.0 cm³/mol. The Bertz CT molecular complexity index is 356. The van der Waals surface area contributed by atoms with Crippen molar-refractivity contribution in [3.63, 3.8) is 0 Å². The standard InChI is InChI=1S/C10H15F3O3S/c1-7(6-17(15)16)4-5-8(2)9(3,14)10(11,12)13/h4-5,14H,6H2,1-3H3,(H,15,16)/p-1/b7-4+,8-5+. The molecule has 0 bridgehead atoms. The van der Waals surface area contributed by atoms with Crippen LogP contribution in [0.1, 0.15) is 20.8 Å². The van der Waals surface area contributed by atoms with E-state index in [1.807, 2.05) is 0 Å². The second-order valence-corrected chi connectivity index (χ2v) is 4.78. The lowest BCUT2D eigenvalue weighted by Crippen LogP contribution is -2.43. The molecule has 0 heterocycles. The zero-order chi connectivity index (χ0) is 13.9. The van der Waals surface area contributed by atoms with E-state index >= 15 is 0 Å². The SMILES string of the molecule is C/C(=C\C=C(/C)C(C)(O)C(F)(F)F)CS(=O)[O-]. The normalized spacial score (nSPS) is 20.0. The fraction of sp³-hybridized carbons (Fsp3) is 0.600. The first-order valence-electron chi connectivity index (χ1n) is 4.68. The second kappa shape index (κ2) is 5.79. The minimum Gasteiger partial charge on any atom is -0.772 e. The van der Waals surface area contributed by atoms with Gasteiger partial charge in [-0.1, -0.05) is 28.8 Å². The molecule has 0 amide bonds. The van der Waals surface area contributed by atoms with Crippen LogP contribution >= 0.6 is 0 Å². The van der Waals surface area contributed by atoms with Crippen LogP contribution in [-0.4, -0.2) is 31.4 Å². The van der Waals surface area contributed by atoms with Crippen molar-refractivity contribution in [2.24, 2.45) is 0 Å². The highest BCUT2D eigenvalue weighted by Gasteiger charge is 2.50. The van der Waals surface area contributed by atoms with E-state index in [1.165, 1.54) is 13.0 Å². The van der Waals surface area contributed by atoms with Gasteiger partial charge in [-0.3, -0.25) is 4.21 Å². The molecule has 2 unspecified atom stereocenters. The Kier molecular flexibility index (Phi) is 5.57. The zero-order valence-electron chi connectivity index (χ0n) is 9.67. The molecule has 0 spiro atoms. The van der Waals surface area contributed by atoms with Crippen molar-refractivity contribution >= 4 is 11.1 Å². The number of rotatable bonds is 4. The molecule has 0 fully saturated rings. The van der Waals surface area contributed by atoms with E-state index in [1.54, 1.807) is 0 Å². The Morgan fingerprint density at radius 1 is 1.35 bits per heavy atom. The summed E-state index contributed by atoms with van der Waals surface area (Å²) < 4.78 is 57.9. The summed E-state index contributed by atoms with van der Waals surface area (Å²) in [5, 5.41) is 9.27. The maximum Gasteiger partial charge on any atom is 0.420 e. The highest BCUT2D eigenvalue weighted by molar-refractivity contribution is 7.79. The number of halogens is 3. The van der Waals surface area contributed by atoms with Crippen LogP contribution in [0, 0.1) is 0 Å². The summed E-state index contributed by atoms with van der Waals surface area (Å²) in [6.45, 7) is 3.25. The molecule has 0 aromatic carbocycles. The van der Waals surface area contributed by atoms with Gasteiger partial charge in [0.1, 0.15) is 0 Å². The van der Waals surface area contributed by atoms with Gasteiger partial charge in [-0.15, -0.1) is 0 Å². The van der Waals surface area contributed by atoms with E-state index in [0.29, 0.717) is 12.5 Å². The molecule has 0 rings (SSSR count). The van der Waals surface area contributed by atoms with E-state index in [2.05, 4.69) is 0 Å². The molecule has 7 heteroatoms. The average molecular weight is 271 g/mol. The third kappa shape index (κ3) is 5.01. The highest BCUT2D eigenvalue weighted by Crippen LogP contribution is 2.35. The van der Waals surface area contributed by atoms with E-state index < -0.39 is 22.9 Å². The first-order chi connectivity index (χ1) is 7.48. The van der Waals surface area contributed by atoms with Crippen LogP contribution < -0.4 is 0 Å². The first-order valence-corrected chi connectivity index (χ1v) is 5.92. The van der Waals surface area contributed by atoms with Crippen LogP contribution in [0.4, 0.5) is 13.2 Å². The van der Waals surface area contributed by atoms with E-state index in [4.69, 9.17) is 0 Å². The van der Waals surface area contributed by atoms with Gasteiger partial charge in [-0.25, -0.2) is 0 Å². The largest absolute Gasteiger partial charge is 0.772 e. The van der Waals surface area contributed by atoms with Gasteiger partial charge in [0.05, 0.1) is 0 Å². The molecule has 0 saturated heterocycles. The van der Waals surface area contributed by atoms with Crippen LogP contribution in [-0.2, 0) is 11.1 Å². The van der Waals surface area contributed by atoms with Gasteiger partial charge in [0.2, 0.25) is 0 Å². The number of allylic oxidation sites excluding steroid dienone is 2. The fourth-order valence-electron chi connectivity index (χ4n) is 0.887. The molecule has 0 saturated carbocycles. The second-order valence-electron chi connectivity index (χ2n) is 3.88. The Morgan fingerprint density at radius 3 is 2.18 bits per heavy atom. The monoisotopic (exact) mass is 271 g/mol. The van der Waals surface area contributed by atoms with Crippen molar-refractivity contribution in [1.29, 1.82) is 0 Å². The Morgan fingerprint density at radius 2 is 1.82 bits per heavy atom. The number of aliphatic hydroxyl groups is 1. The molecule has 2 atom stereocenters. The van der Waals surface area contributed by atoms with Crippen LogP contribution in [0.2, 0.25) is 0 Å². The minimum absolute atomic E-state index is 0.252. The quantitative estimate of drug-likeness (QED) is 0.629. The number of hydrogen-bond acceptors (Lipinski definition) is 3. The lowest BCUT2D eigenvalue weighted by atomic mass is 9.96. The smallest absolute Gasteiger partial charge is 0.420 e. The molecule has 0 aliphatic carbocycles. The summed E-state index contributed by atoms with van der Waals surface area (Å²) in [4.78, 5) is 0. The van der Waals surface area contributed by atoms with Crippen molar-refractivity contribution in [2.45, 2.75) is 32.5 Å². The van der Waals surface area contributed by atoms with Crippen molar-refractivity contribution < 1.29 is 27.0 Å². The fourth-order valence-corrected chi connectivity index (χ4v) is 1.36. The molecule has 0 radical (unpaired) electrons. The van der Waals surface area contributed by atoms with Crippen LogP contribution in [0.15, 0.2) is 23.3 Å². The van der Waals surface area contributed by atoms with Gasteiger partial charge < -0.3 is 9.66 Å². The molecule has 0 aliphatic rings. The Hall–Kier alpha value is -0.660. The minimum atomic E-state index is -4.77. The van der Waals surface area contributed by atoms with Gasteiger partial charge in [-0.05, 0) is 26.3 Å². The molecule has 1 N–H and O–H groups in total. The van der Waals surface area contributed by atoms with Crippen LogP contribution in [0.25, 0.3) is 0 Å². The summed E-state index contributed by atoms with van der Waals surface area (Å²) in [5.74, 6) is -0.252. The highest BCUT2D eigenvalue weighted by atomic mass is 32.2. The van der Waals surface area contributed by atoms with Crippen molar-refractivity contribution in [3.8, 4) is 0 Å². The van der Waals surface area contributed by atoms with Crippen molar-refractivity contribution in [3.05, 3.63) is 23.3 Å². The molecule has 0 aromatic heterocycles. The van der Waals surface area contributed by atoms with Gasteiger partial charge in [-0.2, -0.15) is 13.2 Å². The summed E-state index contributed by atoms with van der Waals surface area (Å²) in [5.41, 5.74) is -2.84. The summed E-state index contributed by atoms with van der Waals surface area (Å²) >= 11 is -2.28. The molecule has 0 aromatic rings. The maximum atomic E-state index is 12.4. The number of alkyl halides is 3. The molecule has 3 nitrogen and oxygen atoms in total. The summed E-state index contributed by atoms with van der Waals surface area (Å²) in [7, 11) is 0. The molecule has 17 heavy (non-hydrogen) atoms. The zero-order valence-corrected chi connectivity index (χ0v) is 10.5. The molecule has 100 valence electrons. The van der Waals surface area contributed by atoms with Gasteiger partial charge in [0, 0.05) is 5.75 Å². The summed E-state index contributed by atoms with van der Waals surface area (Å²) in [6.07, 6.45) is -2.46. The maximum absolute atomic E-state index is 12.4. The van der Waals surface area contributed by atoms with Gasteiger partial charge in [0.15, 0.2) is 5.60 Å². The van der Waals surface area contributed by atoms with Crippen molar-refractivity contribution in [1.82, 2.24) is 0 Å². The van der Waals surface area contributed by atoms with Crippen LogP contribution in [0.5, 0.6) is 0 Å². The molecular weight excluding hydrogens is 257 g/mol. The summed E-state index contributed by atoms with van der Waals surface area (Å²) in [6, 6.07) is 0.